The Morgan fingerprint density at radius 1 is 0.667 bits per heavy atom. The van der Waals surface area contributed by atoms with Crippen molar-refractivity contribution < 1.29 is 5.11 Å². The summed E-state index contributed by atoms with van der Waals surface area (Å²) < 4.78 is 0. The lowest BCUT2D eigenvalue weighted by molar-refractivity contribution is 0.474. The second-order valence-electron chi connectivity index (χ2n) is 5.57. The molecule has 0 aliphatic rings. The van der Waals surface area contributed by atoms with E-state index in [9.17, 15) is 5.11 Å². The summed E-state index contributed by atoms with van der Waals surface area (Å²) in [4.78, 5) is 2.51. The van der Waals surface area contributed by atoms with Crippen LogP contribution in [0.5, 0.6) is 5.75 Å². The molecule has 0 radical (unpaired) electrons. The summed E-state index contributed by atoms with van der Waals surface area (Å²) in [5.74, 6) is 0.419. The molecule has 0 saturated heterocycles. The number of thioether (sulfide) groups is 2. The van der Waals surface area contributed by atoms with Crippen molar-refractivity contribution in [2.24, 2.45) is 0 Å². The van der Waals surface area contributed by atoms with Gasteiger partial charge in [0.15, 0.2) is 0 Å². The molecule has 0 unspecified atom stereocenters. The summed E-state index contributed by atoms with van der Waals surface area (Å²) in [7, 11) is 0. The Kier molecular flexibility index (Phi) is 5.54. The number of phenolic OH excluding ortho intramolecular Hbond substituents is 1. The average molecular weight is 353 g/mol. The van der Waals surface area contributed by atoms with Gasteiger partial charge in [-0.25, -0.2) is 0 Å². The van der Waals surface area contributed by atoms with Gasteiger partial charge in [-0.1, -0.05) is 36.4 Å². The fourth-order valence-electron chi connectivity index (χ4n) is 2.87. The van der Waals surface area contributed by atoms with Crippen LogP contribution in [-0.4, -0.2) is 17.6 Å². The van der Waals surface area contributed by atoms with Crippen LogP contribution in [0.4, 0.5) is 0 Å². The number of rotatable bonds is 5. The van der Waals surface area contributed by atoms with Crippen molar-refractivity contribution in [2.45, 2.75) is 15.7 Å². The lowest BCUT2D eigenvalue weighted by Crippen LogP contribution is -2.03. The number of hydrogen-bond acceptors (Lipinski definition) is 3. The Morgan fingerprint density at radius 2 is 1.17 bits per heavy atom. The van der Waals surface area contributed by atoms with Crippen molar-refractivity contribution in [2.75, 3.05) is 12.5 Å². The fourth-order valence-corrected chi connectivity index (χ4v) is 3.69. The first kappa shape index (κ1) is 17.0. The molecule has 3 aromatic carbocycles. The lowest BCUT2D eigenvalue weighted by atomic mass is 9.85. The van der Waals surface area contributed by atoms with E-state index < -0.39 is 0 Å². The largest absolute Gasteiger partial charge is 0.508 e. The minimum absolute atomic E-state index is 0.115. The summed E-state index contributed by atoms with van der Waals surface area (Å²) in [5, 5.41) is 9.91. The lowest BCUT2D eigenvalue weighted by Gasteiger charge is -2.19. The van der Waals surface area contributed by atoms with Crippen molar-refractivity contribution in [3.63, 3.8) is 0 Å². The van der Waals surface area contributed by atoms with Crippen molar-refractivity contribution in [1.82, 2.24) is 0 Å². The molecular weight excluding hydrogens is 332 g/mol. The molecular formula is C21H20OS2. The molecule has 0 heterocycles. The predicted molar refractivity (Wildman–Crippen MR) is 105 cm³/mol. The van der Waals surface area contributed by atoms with E-state index in [0.717, 1.165) is 5.56 Å². The molecule has 3 heteroatoms. The summed E-state index contributed by atoms with van der Waals surface area (Å²) in [6, 6.07) is 24.9. The van der Waals surface area contributed by atoms with E-state index in [4.69, 9.17) is 0 Å². The van der Waals surface area contributed by atoms with Gasteiger partial charge >= 0.3 is 0 Å². The van der Waals surface area contributed by atoms with E-state index in [0.29, 0.717) is 5.75 Å². The van der Waals surface area contributed by atoms with Crippen molar-refractivity contribution >= 4 is 23.5 Å². The summed E-state index contributed by atoms with van der Waals surface area (Å²) in [6.07, 6.45) is 4.17. The highest BCUT2D eigenvalue weighted by molar-refractivity contribution is 7.98. The van der Waals surface area contributed by atoms with E-state index in [1.807, 2.05) is 12.1 Å². The first-order valence-corrected chi connectivity index (χ1v) is 10.2. The molecule has 122 valence electrons. The summed E-state index contributed by atoms with van der Waals surface area (Å²) >= 11 is 3.49. The highest BCUT2D eigenvalue weighted by Crippen LogP contribution is 2.34. The van der Waals surface area contributed by atoms with Crippen LogP contribution in [0.15, 0.2) is 82.6 Å². The first-order valence-electron chi connectivity index (χ1n) is 7.78. The van der Waals surface area contributed by atoms with Gasteiger partial charge in [-0.05, 0) is 65.6 Å². The number of phenols is 1. The molecule has 0 aromatic heterocycles. The van der Waals surface area contributed by atoms with Gasteiger partial charge in [-0.15, -0.1) is 23.5 Å². The Balaban J connectivity index is 2.08. The monoisotopic (exact) mass is 352 g/mol. The normalized spacial score (nSPS) is 11.0. The standard InChI is InChI=1S/C21H20OS2/c1-23-19-10-6-15(7-11-19)21(17-4-3-5-18(22)14-17)16-8-12-20(24-2)13-9-16/h3-14,21-22H,1-2H3. The minimum Gasteiger partial charge on any atom is -0.508 e. The molecule has 0 spiro atoms. The Hall–Kier alpha value is -1.84. The smallest absolute Gasteiger partial charge is 0.115 e. The van der Waals surface area contributed by atoms with Crippen molar-refractivity contribution in [3.05, 3.63) is 89.5 Å². The maximum absolute atomic E-state index is 9.91. The SMILES string of the molecule is CSc1ccc(C(c2ccc(SC)cc2)c2cccc(O)c2)cc1. The van der Waals surface area contributed by atoms with Crippen LogP contribution in [0, 0.1) is 0 Å². The van der Waals surface area contributed by atoms with Gasteiger partial charge in [0.25, 0.3) is 0 Å². The maximum Gasteiger partial charge on any atom is 0.115 e. The van der Waals surface area contributed by atoms with Crippen LogP contribution < -0.4 is 0 Å². The topological polar surface area (TPSA) is 20.2 Å². The van der Waals surface area contributed by atoms with Gasteiger partial charge in [0.05, 0.1) is 0 Å². The molecule has 0 atom stereocenters. The van der Waals surface area contributed by atoms with Gasteiger partial charge in [-0.2, -0.15) is 0 Å². The van der Waals surface area contributed by atoms with Crippen LogP contribution in [0.25, 0.3) is 0 Å². The molecule has 0 aliphatic heterocycles. The Bertz CT molecular complexity index is 747. The molecule has 0 amide bonds. The van der Waals surface area contributed by atoms with E-state index in [2.05, 4.69) is 67.1 Å². The van der Waals surface area contributed by atoms with E-state index in [1.54, 1.807) is 29.6 Å². The highest BCUT2D eigenvalue weighted by Gasteiger charge is 2.17. The van der Waals surface area contributed by atoms with Gasteiger partial charge < -0.3 is 5.11 Å². The van der Waals surface area contributed by atoms with Gasteiger partial charge in [-0.3, -0.25) is 0 Å². The third-order valence-corrected chi connectivity index (χ3v) is 5.59. The zero-order chi connectivity index (χ0) is 16.9. The zero-order valence-corrected chi connectivity index (χ0v) is 15.4. The maximum atomic E-state index is 9.91. The zero-order valence-electron chi connectivity index (χ0n) is 13.8. The Labute approximate surface area is 152 Å². The summed E-state index contributed by atoms with van der Waals surface area (Å²) in [6.45, 7) is 0. The number of benzene rings is 3. The fraction of sp³-hybridized carbons (Fsp3) is 0.143. The molecule has 3 rings (SSSR count). The van der Waals surface area contributed by atoms with Crippen LogP contribution in [0.3, 0.4) is 0 Å². The number of hydrogen-bond donors (Lipinski definition) is 1. The third-order valence-electron chi connectivity index (χ3n) is 4.10. The number of aromatic hydroxyl groups is 1. The first-order chi connectivity index (χ1) is 11.7. The molecule has 1 nitrogen and oxygen atoms in total. The van der Waals surface area contributed by atoms with Crippen molar-refractivity contribution in [3.8, 4) is 5.75 Å². The highest BCUT2D eigenvalue weighted by atomic mass is 32.2. The molecule has 0 fully saturated rings. The van der Waals surface area contributed by atoms with Gasteiger partial charge in [0.1, 0.15) is 5.75 Å². The van der Waals surface area contributed by atoms with Crippen LogP contribution in [-0.2, 0) is 0 Å². The van der Waals surface area contributed by atoms with Gasteiger partial charge in [0.2, 0.25) is 0 Å². The predicted octanol–water partition coefficient (Wildman–Crippen LogP) is 6.02. The van der Waals surface area contributed by atoms with Crippen LogP contribution >= 0.6 is 23.5 Å². The Morgan fingerprint density at radius 3 is 1.58 bits per heavy atom. The summed E-state index contributed by atoms with van der Waals surface area (Å²) in [5.41, 5.74) is 3.56. The molecule has 3 aromatic rings. The second kappa shape index (κ2) is 7.82. The van der Waals surface area contributed by atoms with Crippen LogP contribution in [0.2, 0.25) is 0 Å². The molecule has 0 saturated carbocycles. The third kappa shape index (κ3) is 3.80. The molecule has 0 aliphatic carbocycles. The average Bonchev–Trinajstić information content (AvgIpc) is 2.63. The quantitative estimate of drug-likeness (QED) is 0.448. The van der Waals surface area contributed by atoms with Gasteiger partial charge in [0, 0.05) is 15.7 Å². The van der Waals surface area contributed by atoms with E-state index in [1.165, 1.54) is 20.9 Å². The minimum atomic E-state index is 0.115. The van der Waals surface area contributed by atoms with E-state index in [-0.39, 0.29) is 5.92 Å². The molecule has 1 N–H and O–H groups in total. The van der Waals surface area contributed by atoms with Crippen LogP contribution in [0.1, 0.15) is 22.6 Å². The molecule has 0 bridgehead atoms. The van der Waals surface area contributed by atoms with Crippen molar-refractivity contribution in [1.29, 1.82) is 0 Å². The molecule has 24 heavy (non-hydrogen) atoms. The van der Waals surface area contributed by atoms with E-state index >= 15 is 0 Å². The second-order valence-corrected chi connectivity index (χ2v) is 7.33.